The Balaban J connectivity index is 1.84. The van der Waals surface area contributed by atoms with Gasteiger partial charge in [0.15, 0.2) is 11.6 Å². The van der Waals surface area contributed by atoms with Gasteiger partial charge in [0.1, 0.15) is 6.61 Å². The van der Waals surface area contributed by atoms with Crippen molar-refractivity contribution >= 4 is 0 Å². The maximum absolute atomic E-state index is 13.4. The predicted molar refractivity (Wildman–Crippen MR) is 79.4 cm³/mol. The molecule has 3 heteroatoms. The molecule has 2 nitrogen and oxygen atoms in total. The third-order valence-corrected chi connectivity index (χ3v) is 3.48. The molecule has 0 aliphatic heterocycles. The molecule has 1 atom stereocenters. The van der Waals surface area contributed by atoms with Crippen molar-refractivity contribution in [3.8, 4) is 5.75 Å². The van der Waals surface area contributed by atoms with E-state index in [9.17, 15) is 4.39 Å². The number of hydrogen-bond donors (Lipinski definition) is 0. The van der Waals surface area contributed by atoms with Gasteiger partial charge in [-0.1, -0.05) is 42.5 Å². The summed E-state index contributed by atoms with van der Waals surface area (Å²) in [7, 11) is 2.04. The van der Waals surface area contributed by atoms with E-state index in [0.717, 1.165) is 6.54 Å². The number of hydrogen-bond acceptors (Lipinski definition) is 2. The molecule has 0 aromatic heterocycles. The number of nitrogens with zero attached hydrogens (tertiary/aromatic N) is 1. The molecule has 0 amide bonds. The van der Waals surface area contributed by atoms with Crippen LogP contribution in [-0.4, -0.2) is 25.1 Å². The molecule has 0 N–H and O–H groups in total. The van der Waals surface area contributed by atoms with Gasteiger partial charge in [-0.25, -0.2) is 4.39 Å². The van der Waals surface area contributed by atoms with Crippen molar-refractivity contribution in [1.29, 1.82) is 0 Å². The molecule has 0 bridgehead atoms. The summed E-state index contributed by atoms with van der Waals surface area (Å²) in [5, 5.41) is 0. The largest absolute Gasteiger partial charge is 0.489 e. The van der Waals surface area contributed by atoms with Crippen molar-refractivity contribution in [2.45, 2.75) is 13.0 Å². The van der Waals surface area contributed by atoms with Crippen LogP contribution in [-0.2, 0) is 0 Å². The van der Waals surface area contributed by atoms with Crippen LogP contribution in [0.2, 0.25) is 0 Å². The zero-order valence-electron chi connectivity index (χ0n) is 11.9. The smallest absolute Gasteiger partial charge is 0.165 e. The van der Waals surface area contributed by atoms with Gasteiger partial charge in [0, 0.05) is 12.6 Å². The number of halogens is 1. The second-order valence-electron chi connectivity index (χ2n) is 4.85. The Bertz CT molecular complexity index is 530. The first-order valence-corrected chi connectivity index (χ1v) is 6.81. The molecule has 2 aromatic rings. The van der Waals surface area contributed by atoms with Crippen LogP contribution in [0.15, 0.2) is 54.6 Å². The van der Waals surface area contributed by atoms with Crippen molar-refractivity contribution in [3.63, 3.8) is 0 Å². The maximum atomic E-state index is 13.4. The van der Waals surface area contributed by atoms with E-state index in [1.165, 1.54) is 11.6 Å². The van der Waals surface area contributed by atoms with Crippen LogP contribution in [0, 0.1) is 5.82 Å². The molecule has 0 fully saturated rings. The fourth-order valence-corrected chi connectivity index (χ4v) is 2.04. The van der Waals surface area contributed by atoms with Crippen molar-refractivity contribution in [2.24, 2.45) is 0 Å². The Hall–Kier alpha value is -1.87. The van der Waals surface area contributed by atoms with E-state index in [2.05, 4.69) is 24.0 Å². The lowest BCUT2D eigenvalue weighted by molar-refractivity contribution is 0.197. The first-order chi connectivity index (χ1) is 9.68. The summed E-state index contributed by atoms with van der Waals surface area (Å²) in [6, 6.07) is 17.1. The van der Waals surface area contributed by atoms with E-state index >= 15 is 0 Å². The molecule has 2 aromatic carbocycles. The Morgan fingerprint density at radius 2 is 1.70 bits per heavy atom. The van der Waals surface area contributed by atoms with Gasteiger partial charge in [-0.15, -0.1) is 0 Å². The van der Waals surface area contributed by atoms with Gasteiger partial charge in [-0.2, -0.15) is 0 Å². The Labute approximate surface area is 119 Å². The van der Waals surface area contributed by atoms with Crippen LogP contribution in [0.5, 0.6) is 5.75 Å². The lowest BCUT2D eigenvalue weighted by Gasteiger charge is -2.25. The molecular formula is C17H20FNO. The predicted octanol–water partition coefficient (Wildman–Crippen LogP) is 3.90. The van der Waals surface area contributed by atoms with Gasteiger partial charge in [0.05, 0.1) is 0 Å². The van der Waals surface area contributed by atoms with Gasteiger partial charge < -0.3 is 4.74 Å². The van der Waals surface area contributed by atoms with E-state index in [0.29, 0.717) is 18.4 Å². The number of ether oxygens (including phenoxy) is 1. The Morgan fingerprint density at radius 3 is 2.40 bits per heavy atom. The molecular weight excluding hydrogens is 253 g/mol. The van der Waals surface area contributed by atoms with Gasteiger partial charge in [0.25, 0.3) is 0 Å². The van der Waals surface area contributed by atoms with E-state index in [1.54, 1.807) is 18.2 Å². The summed E-state index contributed by atoms with van der Waals surface area (Å²) in [6.07, 6.45) is 0. The van der Waals surface area contributed by atoms with E-state index in [-0.39, 0.29) is 5.82 Å². The SMILES string of the molecule is CC(c1ccccc1)N(C)CCOc1ccccc1F. The Morgan fingerprint density at radius 1 is 1.05 bits per heavy atom. The summed E-state index contributed by atoms with van der Waals surface area (Å²) in [5.74, 6) is -0.000440. The van der Waals surface area contributed by atoms with Crippen molar-refractivity contribution < 1.29 is 9.13 Å². The highest BCUT2D eigenvalue weighted by atomic mass is 19.1. The quantitative estimate of drug-likeness (QED) is 0.791. The third-order valence-electron chi connectivity index (χ3n) is 3.48. The van der Waals surface area contributed by atoms with Crippen molar-refractivity contribution in [2.75, 3.05) is 20.2 Å². The average Bonchev–Trinajstić information content (AvgIpc) is 2.49. The normalized spacial score (nSPS) is 12.4. The summed E-state index contributed by atoms with van der Waals surface area (Å²) in [4.78, 5) is 2.19. The lowest BCUT2D eigenvalue weighted by atomic mass is 10.1. The van der Waals surface area contributed by atoms with Crippen LogP contribution in [0.25, 0.3) is 0 Å². The van der Waals surface area contributed by atoms with Gasteiger partial charge in [-0.05, 0) is 31.7 Å². The van der Waals surface area contributed by atoms with Gasteiger partial charge >= 0.3 is 0 Å². The van der Waals surface area contributed by atoms with Crippen LogP contribution >= 0.6 is 0 Å². The maximum Gasteiger partial charge on any atom is 0.165 e. The zero-order valence-corrected chi connectivity index (χ0v) is 11.9. The summed E-state index contributed by atoms with van der Waals surface area (Å²) < 4.78 is 18.9. The standard InChI is InChI=1S/C17H20FNO/c1-14(15-8-4-3-5-9-15)19(2)12-13-20-17-11-7-6-10-16(17)18/h3-11,14H,12-13H2,1-2H3. The lowest BCUT2D eigenvalue weighted by Crippen LogP contribution is -2.27. The minimum absolute atomic E-state index is 0.306. The minimum atomic E-state index is -0.314. The molecule has 0 spiro atoms. The van der Waals surface area contributed by atoms with Crippen molar-refractivity contribution in [3.05, 3.63) is 66.0 Å². The monoisotopic (exact) mass is 273 g/mol. The minimum Gasteiger partial charge on any atom is -0.489 e. The first-order valence-electron chi connectivity index (χ1n) is 6.81. The highest BCUT2D eigenvalue weighted by Gasteiger charge is 2.11. The molecule has 0 saturated heterocycles. The van der Waals surface area contributed by atoms with Crippen molar-refractivity contribution in [1.82, 2.24) is 4.90 Å². The molecule has 20 heavy (non-hydrogen) atoms. The molecule has 106 valence electrons. The van der Waals surface area contributed by atoms with Gasteiger partial charge in [-0.3, -0.25) is 4.90 Å². The topological polar surface area (TPSA) is 12.5 Å². The van der Waals surface area contributed by atoms with E-state index in [4.69, 9.17) is 4.74 Å². The number of benzene rings is 2. The van der Waals surface area contributed by atoms with E-state index in [1.807, 2.05) is 25.2 Å². The Kier molecular flexibility index (Phi) is 5.13. The fourth-order valence-electron chi connectivity index (χ4n) is 2.04. The molecule has 0 radical (unpaired) electrons. The first kappa shape index (κ1) is 14.5. The van der Waals surface area contributed by atoms with E-state index < -0.39 is 0 Å². The highest BCUT2D eigenvalue weighted by Crippen LogP contribution is 2.18. The number of rotatable bonds is 6. The van der Waals surface area contributed by atoms with Gasteiger partial charge in [0.2, 0.25) is 0 Å². The van der Waals surface area contributed by atoms with Crippen LogP contribution in [0.4, 0.5) is 4.39 Å². The fraction of sp³-hybridized carbons (Fsp3) is 0.294. The molecule has 2 rings (SSSR count). The summed E-state index contributed by atoms with van der Waals surface area (Å²) in [6.45, 7) is 3.36. The highest BCUT2D eigenvalue weighted by molar-refractivity contribution is 5.23. The average molecular weight is 273 g/mol. The van der Waals surface area contributed by atoms with Crippen LogP contribution < -0.4 is 4.74 Å². The second-order valence-corrected chi connectivity index (χ2v) is 4.85. The van der Waals surface area contributed by atoms with Crippen LogP contribution in [0.3, 0.4) is 0 Å². The number of para-hydroxylation sites is 1. The third kappa shape index (κ3) is 3.81. The molecule has 0 heterocycles. The second kappa shape index (κ2) is 7.06. The molecule has 0 aliphatic carbocycles. The molecule has 0 aliphatic rings. The summed E-state index contributed by atoms with van der Waals surface area (Å²) >= 11 is 0. The van der Waals surface area contributed by atoms with Crippen LogP contribution in [0.1, 0.15) is 18.5 Å². The summed E-state index contributed by atoms with van der Waals surface area (Å²) in [5.41, 5.74) is 1.26. The molecule has 1 unspecified atom stereocenters. The molecule has 0 saturated carbocycles. The zero-order chi connectivity index (χ0) is 14.4. The number of likely N-dealkylation sites (N-methyl/N-ethyl adjacent to an activating group) is 1.